The maximum absolute atomic E-state index is 13.4. The fourth-order valence-corrected chi connectivity index (χ4v) is 5.39. The number of carbonyl (C=O) groups is 2. The smallest absolute Gasteiger partial charge is 0.254 e. The number of amides is 1. The number of aromatic amines is 1. The summed E-state index contributed by atoms with van der Waals surface area (Å²) >= 11 is 1.59. The van der Waals surface area contributed by atoms with Gasteiger partial charge in [0.05, 0.1) is 18.1 Å². The Morgan fingerprint density at radius 3 is 2.46 bits per heavy atom. The quantitative estimate of drug-likeness (QED) is 0.272. The lowest BCUT2D eigenvalue weighted by Gasteiger charge is -2.32. The summed E-state index contributed by atoms with van der Waals surface area (Å²) in [6.45, 7) is 1.16. The third-order valence-electron chi connectivity index (χ3n) is 6.51. The number of aromatic nitrogens is 2. The van der Waals surface area contributed by atoms with Gasteiger partial charge in [-0.15, -0.1) is 0 Å². The van der Waals surface area contributed by atoms with E-state index in [0.717, 1.165) is 33.1 Å². The summed E-state index contributed by atoms with van der Waals surface area (Å²) in [6, 6.07) is 23.0. The molecule has 3 aromatic carbocycles. The van der Waals surface area contributed by atoms with E-state index in [1.165, 1.54) is 0 Å². The number of carbonyl (C=O) groups excluding carboxylic acids is 2. The van der Waals surface area contributed by atoms with Crippen molar-refractivity contribution in [1.82, 2.24) is 14.9 Å². The van der Waals surface area contributed by atoms with Gasteiger partial charge in [-0.3, -0.25) is 9.59 Å². The van der Waals surface area contributed by atoms with Gasteiger partial charge in [-0.1, -0.05) is 42.1 Å². The molecule has 5 rings (SSSR count). The Morgan fingerprint density at radius 1 is 1.00 bits per heavy atom. The number of nitrogens with one attached hydrogen (secondary N) is 1. The molecule has 0 bridgehead atoms. The summed E-state index contributed by atoms with van der Waals surface area (Å²) in [7, 11) is 1.61. The molecule has 0 atom stereocenters. The van der Waals surface area contributed by atoms with Gasteiger partial charge in [0.25, 0.3) is 5.91 Å². The van der Waals surface area contributed by atoms with Gasteiger partial charge in [-0.2, -0.15) is 0 Å². The normalized spacial score (nSPS) is 14.3. The van der Waals surface area contributed by atoms with Crippen molar-refractivity contribution >= 4 is 34.5 Å². The number of ketones is 1. The van der Waals surface area contributed by atoms with Crippen LogP contribution >= 0.6 is 11.8 Å². The van der Waals surface area contributed by atoms with Gasteiger partial charge >= 0.3 is 0 Å². The van der Waals surface area contributed by atoms with Gasteiger partial charge in [0, 0.05) is 35.9 Å². The summed E-state index contributed by atoms with van der Waals surface area (Å²) < 4.78 is 5.18. The topological polar surface area (TPSA) is 75.3 Å². The minimum Gasteiger partial charge on any atom is -0.497 e. The molecule has 1 N–H and O–H groups in total. The molecule has 1 saturated heterocycles. The summed E-state index contributed by atoms with van der Waals surface area (Å²) in [6.07, 6.45) is 1.35. The Hall–Kier alpha value is -3.58. The number of hydrogen-bond donors (Lipinski definition) is 1. The number of nitrogens with zero attached hydrogens (tertiary/aromatic N) is 2. The zero-order valence-electron chi connectivity index (χ0n) is 19.6. The molecule has 1 aromatic heterocycles. The van der Waals surface area contributed by atoms with E-state index in [4.69, 9.17) is 4.74 Å². The highest BCUT2D eigenvalue weighted by atomic mass is 32.2. The van der Waals surface area contributed by atoms with E-state index in [1.54, 1.807) is 18.9 Å². The molecular weight excluding hydrogens is 458 g/mol. The van der Waals surface area contributed by atoms with Gasteiger partial charge in [0.1, 0.15) is 5.75 Å². The van der Waals surface area contributed by atoms with Crippen LogP contribution in [-0.4, -0.2) is 46.8 Å². The predicted molar refractivity (Wildman–Crippen MR) is 138 cm³/mol. The Labute approximate surface area is 208 Å². The molecule has 0 unspecified atom stereocenters. The lowest BCUT2D eigenvalue weighted by atomic mass is 9.88. The lowest BCUT2D eigenvalue weighted by Crippen LogP contribution is -2.40. The van der Waals surface area contributed by atoms with E-state index in [2.05, 4.69) is 9.97 Å². The number of benzene rings is 3. The number of H-pyrrole nitrogens is 1. The average molecular weight is 486 g/mol. The van der Waals surface area contributed by atoms with E-state index in [-0.39, 0.29) is 17.6 Å². The maximum atomic E-state index is 13.4. The summed E-state index contributed by atoms with van der Waals surface area (Å²) in [5, 5.41) is 0.839. The number of ether oxygens (including phenoxy) is 1. The highest BCUT2D eigenvalue weighted by Crippen LogP contribution is 2.27. The first kappa shape index (κ1) is 23.2. The van der Waals surface area contributed by atoms with Crippen LogP contribution in [0, 0.1) is 5.92 Å². The Morgan fingerprint density at radius 2 is 1.71 bits per heavy atom. The first-order valence-corrected chi connectivity index (χ1v) is 12.7. The number of para-hydroxylation sites is 2. The molecule has 1 aliphatic heterocycles. The molecule has 1 aliphatic rings. The standard InChI is InChI=1S/C28H27N3O3S/c1-34-22-12-10-19(11-13-22)26(32)20-14-16-31(17-15-20)27(33)23-7-3-2-6-21(23)18-35-28-29-24-8-4-5-9-25(24)30-28/h2-13,20H,14-18H2,1H3,(H,29,30). The molecule has 0 saturated carbocycles. The van der Waals surface area contributed by atoms with Crippen LogP contribution in [0.1, 0.15) is 39.1 Å². The number of methoxy groups -OCH3 is 1. The van der Waals surface area contributed by atoms with Crippen molar-refractivity contribution in [3.63, 3.8) is 0 Å². The lowest BCUT2D eigenvalue weighted by molar-refractivity contribution is 0.0649. The second-order valence-electron chi connectivity index (χ2n) is 8.66. The fraction of sp³-hybridized carbons (Fsp3) is 0.250. The molecule has 1 amide bonds. The van der Waals surface area contributed by atoms with E-state index in [9.17, 15) is 9.59 Å². The highest BCUT2D eigenvalue weighted by molar-refractivity contribution is 7.98. The van der Waals surface area contributed by atoms with Gasteiger partial charge in [0.15, 0.2) is 10.9 Å². The third kappa shape index (κ3) is 5.10. The fourth-order valence-electron chi connectivity index (χ4n) is 4.50. The van der Waals surface area contributed by atoms with Crippen LogP contribution in [-0.2, 0) is 5.75 Å². The molecule has 0 spiro atoms. The molecule has 4 aromatic rings. The number of imidazole rings is 1. The summed E-state index contributed by atoms with van der Waals surface area (Å²) in [5.41, 5.74) is 4.34. The Balaban J connectivity index is 1.22. The summed E-state index contributed by atoms with van der Waals surface area (Å²) in [4.78, 5) is 36.1. The molecule has 35 heavy (non-hydrogen) atoms. The van der Waals surface area contributed by atoms with Gasteiger partial charge in [0.2, 0.25) is 0 Å². The van der Waals surface area contributed by atoms with Crippen LogP contribution in [0.15, 0.2) is 78.0 Å². The molecule has 1 fully saturated rings. The van der Waals surface area contributed by atoms with Crippen molar-refractivity contribution in [3.05, 3.63) is 89.5 Å². The van der Waals surface area contributed by atoms with Crippen molar-refractivity contribution in [2.45, 2.75) is 23.8 Å². The molecule has 0 aliphatic carbocycles. The van der Waals surface area contributed by atoms with Crippen molar-refractivity contribution in [2.24, 2.45) is 5.92 Å². The Kier molecular flexibility index (Phi) is 6.86. The average Bonchev–Trinajstić information content (AvgIpc) is 3.34. The first-order chi connectivity index (χ1) is 17.1. The SMILES string of the molecule is COc1ccc(C(=O)C2CCN(C(=O)c3ccccc3CSc3nc4ccccc4[nH]3)CC2)cc1. The highest BCUT2D eigenvalue weighted by Gasteiger charge is 2.29. The van der Waals surface area contributed by atoms with Crippen LogP contribution in [0.3, 0.4) is 0 Å². The zero-order valence-corrected chi connectivity index (χ0v) is 20.4. The number of likely N-dealkylation sites (tertiary alicyclic amines) is 1. The van der Waals surface area contributed by atoms with Crippen LogP contribution in [0.25, 0.3) is 11.0 Å². The predicted octanol–water partition coefficient (Wildman–Crippen LogP) is 5.60. The van der Waals surface area contributed by atoms with Crippen LogP contribution in [0.2, 0.25) is 0 Å². The number of rotatable bonds is 7. The van der Waals surface area contributed by atoms with E-state index >= 15 is 0 Å². The maximum Gasteiger partial charge on any atom is 0.254 e. The molecule has 178 valence electrons. The number of Topliss-reactive ketones (excluding diaryl/α,β-unsaturated/α-hetero) is 1. The van der Waals surface area contributed by atoms with Gasteiger partial charge in [-0.25, -0.2) is 4.98 Å². The van der Waals surface area contributed by atoms with Crippen LogP contribution < -0.4 is 4.74 Å². The monoisotopic (exact) mass is 485 g/mol. The van der Waals surface area contributed by atoms with Gasteiger partial charge in [-0.05, 0) is 60.9 Å². The van der Waals surface area contributed by atoms with Crippen LogP contribution in [0.5, 0.6) is 5.75 Å². The van der Waals surface area contributed by atoms with Crippen molar-refractivity contribution in [3.8, 4) is 5.75 Å². The number of piperidine rings is 1. The number of fused-ring (bicyclic) bond motifs is 1. The van der Waals surface area contributed by atoms with E-state index in [0.29, 0.717) is 37.2 Å². The van der Waals surface area contributed by atoms with Crippen molar-refractivity contribution < 1.29 is 14.3 Å². The summed E-state index contributed by atoms with van der Waals surface area (Å²) in [5.74, 6) is 1.49. The van der Waals surface area contributed by atoms with E-state index < -0.39 is 0 Å². The molecule has 6 nitrogen and oxygen atoms in total. The largest absolute Gasteiger partial charge is 0.497 e. The minimum absolute atomic E-state index is 0.0288. The van der Waals surface area contributed by atoms with Crippen LogP contribution in [0.4, 0.5) is 0 Å². The Bertz CT molecular complexity index is 1310. The van der Waals surface area contributed by atoms with Crippen molar-refractivity contribution in [1.29, 1.82) is 0 Å². The van der Waals surface area contributed by atoms with Crippen molar-refractivity contribution in [2.75, 3.05) is 20.2 Å². The number of hydrogen-bond acceptors (Lipinski definition) is 5. The van der Waals surface area contributed by atoms with E-state index in [1.807, 2.05) is 77.7 Å². The first-order valence-electron chi connectivity index (χ1n) is 11.8. The molecule has 2 heterocycles. The third-order valence-corrected chi connectivity index (χ3v) is 7.43. The molecule has 7 heteroatoms. The second kappa shape index (κ2) is 10.4. The molecular formula is C28H27N3O3S. The zero-order chi connectivity index (χ0) is 24.2. The second-order valence-corrected chi connectivity index (χ2v) is 9.63. The molecule has 0 radical (unpaired) electrons. The minimum atomic E-state index is -0.0636. The number of thioether (sulfide) groups is 1. The van der Waals surface area contributed by atoms with Gasteiger partial charge < -0.3 is 14.6 Å².